The lowest BCUT2D eigenvalue weighted by Crippen LogP contribution is -2.43. The fraction of sp³-hybridized carbons (Fsp3) is 0.300. The largest absolute Gasteiger partial charge is 0.479 e. The van der Waals surface area contributed by atoms with Crippen LogP contribution in [0.25, 0.3) is 0 Å². The Kier molecular flexibility index (Phi) is 2.56. The minimum Gasteiger partial charge on any atom is -0.479 e. The van der Waals surface area contributed by atoms with Crippen molar-refractivity contribution in [2.45, 2.75) is 13.0 Å². The highest BCUT2D eigenvalue weighted by Gasteiger charge is 2.30. The van der Waals surface area contributed by atoms with Crippen LogP contribution in [0.4, 0.5) is 11.4 Å². The van der Waals surface area contributed by atoms with E-state index in [0.717, 1.165) is 5.69 Å². The molecule has 0 fully saturated rings. The number of alkyl halides is 1. The summed E-state index contributed by atoms with van der Waals surface area (Å²) in [6.45, 7) is 1.73. The molecule has 1 unspecified atom stereocenters. The van der Waals surface area contributed by atoms with Gasteiger partial charge in [-0.05, 0) is 25.1 Å². The van der Waals surface area contributed by atoms with Crippen LogP contribution in [0.2, 0.25) is 0 Å². The van der Waals surface area contributed by atoms with Crippen LogP contribution in [0.15, 0.2) is 18.2 Å². The zero-order chi connectivity index (χ0) is 11.0. The number of nitrogen functional groups attached to an aromatic ring is 1. The second-order valence-electron chi connectivity index (χ2n) is 3.37. The molecule has 15 heavy (non-hydrogen) atoms. The third-order valence-corrected chi connectivity index (χ3v) is 2.81. The molecule has 4 nitrogen and oxygen atoms in total. The van der Waals surface area contributed by atoms with E-state index in [0.29, 0.717) is 16.9 Å². The number of amides is 1. The van der Waals surface area contributed by atoms with E-state index in [1.165, 1.54) is 0 Å². The number of carbonyl (C=O) groups is 1. The van der Waals surface area contributed by atoms with E-state index in [-0.39, 0.29) is 5.91 Å². The lowest BCUT2D eigenvalue weighted by molar-refractivity contribution is -0.125. The molecular formula is C10H11BrN2O2. The van der Waals surface area contributed by atoms with E-state index < -0.39 is 6.10 Å². The Morgan fingerprint density at radius 3 is 3.00 bits per heavy atom. The summed E-state index contributed by atoms with van der Waals surface area (Å²) in [6, 6.07) is 5.28. The number of rotatable bonds is 1. The van der Waals surface area contributed by atoms with Gasteiger partial charge in [0.25, 0.3) is 5.91 Å². The van der Waals surface area contributed by atoms with Gasteiger partial charge in [-0.2, -0.15) is 0 Å². The minimum atomic E-state index is -0.446. The first-order valence-corrected chi connectivity index (χ1v) is 5.69. The monoisotopic (exact) mass is 270 g/mol. The first-order valence-electron chi connectivity index (χ1n) is 4.57. The summed E-state index contributed by atoms with van der Waals surface area (Å²) in [5, 5.41) is 0. The Morgan fingerprint density at radius 2 is 2.33 bits per heavy atom. The van der Waals surface area contributed by atoms with E-state index >= 15 is 0 Å². The first kappa shape index (κ1) is 10.3. The van der Waals surface area contributed by atoms with Crippen molar-refractivity contribution in [3.63, 3.8) is 0 Å². The number of nitrogens with zero attached hydrogens (tertiary/aromatic N) is 1. The molecule has 1 aliphatic heterocycles. The van der Waals surface area contributed by atoms with Crippen LogP contribution >= 0.6 is 15.9 Å². The molecule has 2 N–H and O–H groups in total. The van der Waals surface area contributed by atoms with Crippen molar-refractivity contribution in [1.82, 2.24) is 0 Å². The number of hydrogen-bond donors (Lipinski definition) is 1. The molecule has 1 heterocycles. The van der Waals surface area contributed by atoms with E-state index in [2.05, 4.69) is 15.9 Å². The van der Waals surface area contributed by atoms with Crippen molar-refractivity contribution < 1.29 is 9.53 Å². The number of hydrogen-bond acceptors (Lipinski definition) is 3. The molecule has 0 radical (unpaired) electrons. The van der Waals surface area contributed by atoms with Crippen molar-refractivity contribution in [3.05, 3.63) is 18.2 Å². The number of carbonyl (C=O) groups excluding carboxylic acids is 1. The van der Waals surface area contributed by atoms with Crippen molar-refractivity contribution in [2.24, 2.45) is 0 Å². The standard InChI is InChI=1S/C10H11BrN2O2/c1-6-10(14)13(5-11)8-4-7(12)2-3-9(8)15-6/h2-4,6H,5,12H2,1H3. The maximum absolute atomic E-state index is 11.8. The number of benzene rings is 1. The van der Waals surface area contributed by atoms with Crippen molar-refractivity contribution in [3.8, 4) is 5.75 Å². The van der Waals surface area contributed by atoms with Crippen molar-refractivity contribution >= 4 is 33.2 Å². The van der Waals surface area contributed by atoms with E-state index in [9.17, 15) is 4.79 Å². The highest BCUT2D eigenvalue weighted by atomic mass is 79.9. The van der Waals surface area contributed by atoms with Crippen LogP contribution in [0.5, 0.6) is 5.75 Å². The Labute approximate surface area is 96.1 Å². The average molecular weight is 271 g/mol. The zero-order valence-electron chi connectivity index (χ0n) is 8.24. The van der Waals surface area contributed by atoms with Crippen LogP contribution in [-0.2, 0) is 4.79 Å². The summed E-state index contributed by atoms with van der Waals surface area (Å²) in [5.41, 5.74) is 7.44. The van der Waals surface area contributed by atoms with E-state index in [1.54, 1.807) is 30.0 Å². The van der Waals surface area contributed by atoms with Gasteiger partial charge in [0.1, 0.15) is 5.75 Å². The molecule has 1 aromatic rings. The van der Waals surface area contributed by atoms with Gasteiger partial charge in [0, 0.05) is 5.69 Å². The van der Waals surface area contributed by atoms with Gasteiger partial charge in [-0.25, -0.2) is 0 Å². The molecule has 1 aromatic carbocycles. The van der Waals surface area contributed by atoms with Gasteiger partial charge >= 0.3 is 0 Å². The number of nitrogens with two attached hydrogens (primary N) is 1. The molecule has 5 heteroatoms. The fourth-order valence-corrected chi connectivity index (χ4v) is 2.06. The molecular weight excluding hydrogens is 260 g/mol. The molecule has 0 saturated carbocycles. The topological polar surface area (TPSA) is 55.6 Å². The van der Waals surface area contributed by atoms with Gasteiger partial charge in [-0.1, -0.05) is 15.9 Å². The summed E-state index contributed by atoms with van der Waals surface area (Å²) in [7, 11) is 0. The lowest BCUT2D eigenvalue weighted by Gasteiger charge is -2.31. The summed E-state index contributed by atoms with van der Waals surface area (Å²) < 4.78 is 5.46. The summed E-state index contributed by atoms with van der Waals surface area (Å²) in [6.07, 6.45) is -0.446. The van der Waals surface area contributed by atoms with Crippen molar-refractivity contribution in [2.75, 3.05) is 16.1 Å². The smallest absolute Gasteiger partial charge is 0.268 e. The molecule has 0 aliphatic carbocycles. The van der Waals surface area contributed by atoms with Gasteiger partial charge < -0.3 is 10.5 Å². The second kappa shape index (κ2) is 3.73. The third-order valence-electron chi connectivity index (χ3n) is 2.31. The maximum Gasteiger partial charge on any atom is 0.268 e. The predicted octanol–water partition coefficient (Wildman–Crippen LogP) is 1.74. The van der Waals surface area contributed by atoms with Crippen LogP contribution in [0.3, 0.4) is 0 Å². The molecule has 0 bridgehead atoms. The second-order valence-corrected chi connectivity index (χ2v) is 3.87. The highest BCUT2D eigenvalue weighted by molar-refractivity contribution is 9.09. The molecule has 0 spiro atoms. The fourth-order valence-electron chi connectivity index (χ4n) is 1.55. The van der Waals surface area contributed by atoms with Gasteiger partial charge in [0.05, 0.1) is 11.1 Å². The Bertz CT molecular complexity index is 408. The third kappa shape index (κ3) is 1.67. The van der Waals surface area contributed by atoms with Gasteiger partial charge in [-0.3, -0.25) is 9.69 Å². The number of ether oxygens (including phenoxy) is 1. The van der Waals surface area contributed by atoms with Crippen LogP contribution in [0, 0.1) is 0 Å². The van der Waals surface area contributed by atoms with Gasteiger partial charge in [-0.15, -0.1) is 0 Å². The quantitative estimate of drug-likeness (QED) is 0.481. The van der Waals surface area contributed by atoms with Gasteiger partial charge in [0.2, 0.25) is 0 Å². The minimum absolute atomic E-state index is 0.0648. The molecule has 0 saturated heterocycles. The highest BCUT2D eigenvalue weighted by Crippen LogP contribution is 2.35. The maximum atomic E-state index is 11.8. The number of halogens is 1. The normalized spacial score (nSPS) is 19.7. The first-order chi connectivity index (χ1) is 7.13. The van der Waals surface area contributed by atoms with Crippen LogP contribution in [-0.4, -0.2) is 17.5 Å². The van der Waals surface area contributed by atoms with Gasteiger partial charge in [0.15, 0.2) is 6.10 Å². The van der Waals surface area contributed by atoms with E-state index in [4.69, 9.17) is 10.5 Å². The SMILES string of the molecule is CC1Oc2ccc(N)cc2N(CBr)C1=O. The summed E-state index contributed by atoms with van der Waals surface area (Å²) in [4.78, 5) is 13.4. The molecule has 1 atom stereocenters. The Balaban J connectivity index is 2.51. The predicted molar refractivity (Wildman–Crippen MR) is 62.2 cm³/mol. The molecule has 1 aliphatic rings. The number of anilines is 2. The Morgan fingerprint density at radius 1 is 1.60 bits per heavy atom. The Hall–Kier alpha value is -1.23. The molecule has 1 amide bonds. The zero-order valence-corrected chi connectivity index (χ0v) is 9.82. The number of fused-ring (bicyclic) bond motifs is 1. The molecule has 80 valence electrons. The molecule has 2 rings (SSSR count). The molecule has 0 aromatic heterocycles. The van der Waals surface area contributed by atoms with Crippen LogP contribution in [0.1, 0.15) is 6.92 Å². The van der Waals surface area contributed by atoms with Crippen molar-refractivity contribution in [1.29, 1.82) is 0 Å². The average Bonchev–Trinajstić information content (AvgIpc) is 2.21. The lowest BCUT2D eigenvalue weighted by atomic mass is 10.2. The summed E-state index contributed by atoms with van der Waals surface area (Å²) in [5.74, 6) is 0.626. The summed E-state index contributed by atoms with van der Waals surface area (Å²) >= 11 is 3.28. The van der Waals surface area contributed by atoms with Crippen LogP contribution < -0.4 is 15.4 Å². The van der Waals surface area contributed by atoms with E-state index in [1.807, 2.05) is 0 Å².